The van der Waals surface area contributed by atoms with Crippen LogP contribution in [0, 0.1) is 22.3 Å². The summed E-state index contributed by atoms with van der Waals surface area (Å²) in [5.41, 5.74) is 2.91. The van der Waals surface area contributed by atoms with E-state index in [9.17, 15) is 4.79 Å². The van der Waals surface area contributed by atoms with Crippen LogP contribution in [0.15, 0.2) is 101 Å². The van der Waals surface area contributed by atoms with Crippen molar-refractivity contribution in [2.24, 2.45) is 9.98 Å². The molecule has 2 heterocycles. The van der Waals surface area contributed by atoms with E-state index in [0.29, 0.717) is 24.6 Å². The summed E-state index contributed by atoms with van der Waals surface area (Å²) in [7, 11) is 0. The molecular formula is C36H53Cl2K2N2O7W3-3. The predicted molar refractivity (Wildman–Crippen MR) is 198 cm³/mol. The number of carbonyl (C=O) groups is 2. The minimum atomic E-state index is -0.540. The van der Waals surface area contributed by atoms with Gasteiger partial charge in [-0.3, -0.25) is 19.6 Å². The number of alkyl halides is 2. The molecule has 2 saturated heterocycles. The molecule has 286 valence electrons. The van der Waals surface area contributed by atoms with E-state index in [0.717, 1.165) is 42.7 Å². The fourth-order valence-corrected chi connectivity index (χ4v) is 2.82. The Labute approximate surface area is 453 Å². The van der Waals surface area contributed by atoms with Gasteiger partial charge >= 0.3 is 103 Å². The molecule has 16 heteroatoms. The monoisotopic (exact) mass is 1330 g/mol. The number of aliphatic imine (C=N–C) groups is 2. The number of benzene rings is 3. The summed E-state index contributed by atoms with van der Waals surface area (Å²) in [6.07, 6.45) is 4.71. The van der Waals surface area contributed by atoms with Crippen molar-refractivity contribution in [3.05, 3.63) is 130 Å². The van der Waals surface area contributed by atoms with Crippen molar-refractivity contribution in [1.29, 1.82) is 0 Å². The Hall–Kier alpha value is 1.90. The van der Waals surface area contributed by atoms with Crippen molar-refractivity contribution >= 4 is 48.4 Å². The smallest absolute Gasteiger partial charge is 1.00 e. The largest absolute Gasteiger partial charge is 1.00 e. The topological polar surface area (TPSA) is 136 Å². The van der Waals surface area contributed by atoms with Crippen LogP contribution in [0.1, 0.15) is 37.8 Å². The van der Waals surface area contributed by atoms with Crippen LogP contribution in [0.5, 0.6) is 0 Å². The predicted octanol–water partition coefficient (Wildman–Crippen LogP) is 0.503. The number of rotatable bonds is 10. The maximum Gasteiger partial charge on any atom is 1.00 e. The van der Waals surface area contributed by atoms with Crippen LogP contribution in [0.4, 0.5) is 0 Å². The minimum absolute atomic E-state index is 0. The number of aldehydes is 1. The number of epoxide rings is 2. The first-order chi connectivity index (χ1) is 20.6. The number of hydrogen-bond donors (Lipinski definition) is 1. The Kier molecular flexibility index (Phi) is 86.1. The normalized spacial score (nSPS) is 13.3. The molecule has 3 aromatic carbocycles. The SMILES string of the molecule is C.C.C(=NCC1CO1)c1ccccc1.ClCC1CO1.O=CO[O-].O=Cc1ccccc1.OC(CCl)CN=Cc1ccccc1.[CH3-].[CH3-].[CH3-].[H-].[K+].[K+].[W].[W].[W]. The van der Waals surface area contributed by atoms with Gasteiger partial charge in [-0.15, -0.1) is 23.2 Å². The molecule has 2 aliphatic rings. The fourth-order valence-electron chi connectivity index (χ4n) is 2.54. The van der Waals surface area contributed by atoms with Gasteiger partial charge in [-0.1, -0.05) is 106 Å². The molecule has 5 rings (SSSR count). The molecule has 0 spiro atoms. The Morgan fingerprint density at radius 2 is 1.10 bits per heavy atom. The molecule has 9 nitrogen and oxygen atoms in total. The van der Waals surface area contributed by atoms with E-state index in [1.165, 1.54) is 0 Å². The molecule has 3 atom stereocenters. The van der Waals surface area contributed by atoms with Gasteiger partial charge in [-0.25, -0.2) is 0 Å². The fraction of sp³-hybridized carbons (Fsp3) is 0.306. The number of ether oxygens (including phenoxy) is 2. The van der Waals surface area contributed by atoms with Crippen LogP contribution in [0.2, 0.25) is 0 Å². The third-order valence-electron chi connectivity index (χ3n) is 4.83. The first-order valence-electron chi connectivity index (χ1n) is 12.9. The van der Waals surface area contributed by atoms with Gasteiger partial charge in [0.1, 0.15) is 12.4 Å². The average Bonchev–Trinajstić information content (AvgIpc) is 3.99. The summed E-state index contributed by atoms with van der Waals surface area (Å²) in [5, 5.41) is 17.5. The van der Waals surface area contributed by atoms with Crippen molar-refractivity contribution in [2.75, 3.05) is 38.1 Å². The van der Waals surface area contributed by atoms with Crippen LogP contribution in [0.3, 0.4) is 0 Å². The average molecular weight is 1330 g/mol. The van der Waals surface area contributed by atoms with Gasteiger partial charge in [-0.2, -0.15) is 0 Å². The number of aliphatic hydroxyl groups excluding tert-OH is 1. The van der Waals surface area contributed by atoms with Gasteiger partial charge < -0.3 is 48.4 Å². The van der Waals surface area contributed by atoms with Gasteiger partial charge in [-0.05, 0) is 11.1 Å². The zero-order valence-electron chi connectivity index (χ0n) is 30.2. The van der Waals surface area contributed by atoms with E-state index in [1.807, 2.05) is 85.1 Å². The molecule has 0 amide bonds. The maximum atomic E-state index is 10.0. The van der Waals surface area contributed by atoms with E-state index in [2.05, 4.69) is 14.9 Å². The summed E-state index contributed by atoms with van der Waals surface area (Å²) >= 11 is 10.7. The summed E-state index contributed by atoms with van der Waals surface area (Å²) in [6, 6.07) is 28.9. The molecule has 0 aliphatic carbocycles. The van der Waals surface area contributed by atoms with E-state index in [-0.39, 0.29) is 217 Å². The van der Waals surface area contributed by atoms with Gasteiger partial charge in [0.15, 0.2) is 0 Å². The van der Waals surface area contributed by atoms with Gasteiger partial charge in [0.25, 0.3) is 6.47 Å². The van der Waals surface area contributed by atoms with Crippen LogP contribution < -0.4 is 108 Å². The molecule has 0 bridgehead atoms. The minimum Gasteiger partial charge on any atom is -1.00 e. The molecule has 0 radical (unpaired) electrons. The number of nitrogens with zero attached hydrogens (tertiary/aromatic N) is 2. The third kappa shape index (κ3) is 51.9. The standard InChI is InChI=1S/C10H12ClNO.C10H11NO.C7H6O.C3H5ClO.CH2O3.2CH4.3CH3.2K.3W.H/c11-6-10(13)8-12-7-9-4-2-1-3-5-9;1-2-4-9(5-3-1)6-11-7-10-8-12-10;8-6-7-4-2-1-3-5-7;4-1-3-2-5-3;2-1-4-3;;;;;;;;;;;/h1-5,7,10,13H,6,8H2;1-6,10H,7-8H2;1-6H;3H,1-2H2;1,3H;2*1H4;3*1H3;;;;;;/q;;;;;;;3*-1;2*+1;;;;-1/p-1. The van der Waals surface area contributed by atoms with E-state index < -0.39 is 6.10 Å². The van der Waals surface area contributed by atoms with Crippen molar-refractivity contribution in [2.45, 2.75) is 33.2 Å². The second-order valence-electron chi connectivity index (χ2n) is 8.40. The molecule has 2 aliphatic heterocycles. The molecule has 0 saturated carbocycles. The van der Waals surface area contributed by atoms with Gasteiger partial charge in [0.2, 0.25) is 0 Å². The van der Waals surface area contributed by atoms with Crippen LogP contribution >= 0.6 is 23.2 Å². The number of halogens is 2. The molecule has 52 heavy (non-hydrogen) atoms. The molecule has 3 aromatic rings. The van der Waals surface area contributed by atoms with Crippen LogP contribution in [-0.2, 0) is 82.4 Å². The van der Waals surface area contributed by atoms with E-state index in [1.54, 1.807) is 18.3 Å². The first-order valence-corrected chi connectivity index (χ1v) is 14.0. The second kappa shape index (κ2) is 57.2. The summed E-state index contributed by atoms with van der Waals surface area (Å²) in [5.74, 6) is 0.895. The van der Waals surface area contributed by atoms with Crippen molar-refractivity contribution in [1.82, 2.24) is 0 Å². The number of hydrogen-bond acceptors (Lipinski definition) is 9. The Bertz CT molecular complexity index is 1150. The molecule has 3 unspecified atom stereocenters. The number of aliphatic hydroxyl groups is 1. The summed E-state index contributed by atoms with van der Waals surface area (Å²) in [4.78, 5) is 29.6. The summed E-state index contributed by atoms with van der Waals surface area (Å²) in [6.45, 7) is 2.74. The van der Waals surface area contributed by atoms with Crippen molar-refractivity contribution < 1.29 is 202 Å². The van der Waals surface area contributed by atoms with Gasteiger partial charge in [0.05, 0.1) is 50.3 Å². The zero-order valence-corrected chi connectivity index (χ0v) is 45.8. The van der Waals surface area contributed by atoms with Crippen molar-refractivity contribution in [3.8, 4) is 0 Å². The Morgan fingerprint density at radius 3 is 1.35 bits per heavy atom. The molecular weight excluding hydrogens is 1270 g/mol. The van der Waals surface area contributed by atoms with E-state index >= 15 is 0 Å². The maximum absolute atomic E-state index is 10.0. The molecule has 0 aromatic heterocycles. The van der Waals surface area contributed by atoms with Crippen LogP contribution in [0.25, 0.3) is 0 Å². The van der Waals surface area contributed by atoms with Gasteiger partial charge in [0, 0.05) is 81.2 Å². The molecule has 1 N–H and O–H groups in total. The third-order valence-corrected chi connectivity index (χ3v) is 5.54. The molecule has 2 fully saturated rings. The zero-order chi connectivity index (χ0) is 30.7. The quantitative estimate of drug-likeness (QED) is 0.0457. The Balaban J connectivity index is -0.0000000460. The van der Waals surface area contributed by atoms with Crippen LogP contribution in [-0.4, -0.2) is 86.7 Å². The van der Waals surface area contributed by atoms with E-state index in [4.69, 9.17) is 47.8 Å². The number of carbonyl (C=O) groups excluding carboxylic acids is 2. The Morgan fingerprint density at radius 1 is 0.750 bits per heavy atom. The van der Waals surface area contributed by atoms with Crippen molar-refractivity contribution in [3.63, 3.8) is 0 Å². The first kappa shape index (κ1) is 78.3. The second-order valence-corrected chi connectivity index (χ2v) is 9.02. The summed E-state index contributed by atoms with van der Waals surface area (Å²) < 4.78 is 9.76.